The molecule has 4 rings (SSSR count). The van der Waals surface area contributed by atoms with E-state index in [2.05, 4.69) is 9.88 Å². The number of amides is 1. The third kappa shape index (κ3) is 5.13. The Bertz CT molecular complexity index is 902. The molecule has 3 heterocycles. The van der Waals surface area contributed by atoms with Gasteiger partial charge in [0.1, 0.15) is 6.67 Å². The molecule has 0 radical (unpaired) electrons. The van der Waals surface area contributed by atoms with Crippen molar-refractivity contribution in [3.63, 3.8) is 0 Å². The zero-order valence-electron chi connectivity index (χ0n) is 17.9. The molecule has 5 nitrogen and oxygen atoms in total. The molecule has 1 amide bonds. The smallest absolute Gasteiger partial charge is 0.315 e. The van der Waals surface area contributed by atoms with E-state index in [1.54, 1.807) is 0 Å². The van der Waals surface area contributed by atoms with E-state index in [9.17, 15) is 18.0 Å². The molecule has 2 fully saturated rings. The van der Waals surface area contributed by atoms with Crippen LogP contribution in [0.1, 0.15) is 30.5 Å². The molecule has 2 aromatic rings. The summed E-state index contributed by atoms with van der Waals surface area (Å²) in [6.45, 7) is 2.61. The van der Waals surface area contributed by atoms with Gasteiger partial charge >= 0.3 is 6.43 Å². The van der Waals surface area contributed by atoms with E-state index < -0.39 is 25.0 Å². The molecule has 172 valence electrons. The van der Waals surface area contributed by atoms with Crippen molar-refractivity contribution in [2.75, 3.05) is 26.4 Å². The number of piperidine rings is 1. The maximum absolute atomic E-state index is 13.1. The van der Waals surface area contributed by atoms with Crippen LogP contribution in [0.5, 0.6) is 0 Å². The first-order chi connectivity index (χ1) is 15.5. The van der Waals surface area contributed by atoms with Crippen molar-refractivity contribution in [1.82, 2.24) is 15.2 Å². The zero-order chi connectivity index (χ0) is 22.6. The number of benzene rings is 1. The number of likely N-dealkylation sites (tertiary alicyclic amines) is 1. The molecule has 8 heteroatoms. The SMILES string of the molecule is O=C(NC(CF)Cc1ccc(-c2ccc(CN3CCCCC34COC4)nc2)cc1)C(F)F. The van der Waals surface area contributed by atoms with E-state index >= 15 is 0 Å². The fraction of sp³-hybridized carbons (Fsp3) is 0.500. The van der Waals surface area contributed by atoms with Gasteiger partial charge in [-0.05, 0) is 43.0 Å². The molecule has 0 aliphatic carbocycles. The fourth-order valence-electron chi connectivity index (χ4n) is 4.47. The number of pyridine rings is 1. The maximum atomic E-state index is 13.1. The van der Waals surface area contributed by atoms with E-state index in [1.165, 1.54) is 19.3 Å². The molecule has 1 N–H and O–H groups in total. The molecule has 0 saturated carbocycles. The summed E-state index contributed by atoms with van der Waals surface area (Å²) in [5.41, 5.74) is 3.91. The van der Waals surface area contributed by atoms with Gasteiger partial charge in [0, 0.05) is 18.3 Å². The topological polar surface area (TPSA) is 54.5 Å². The average molecular weight is 448 g/mol. The Kier molecular flexibility index (Phi) is 7.10. The lowest BCUT2D eigenvalue weighted by molar-refractivity contribution is -0.159. The van der Waals surface area contributed by atoms with Gasteiger partial charge in [-0.15, -0.1) is 0 Å². The van der Waals surface area contributed by atoms with E-state index in [0.29, 0.717) is 0 Å². The molecule has 1 spiro atoms. The lowest BCUT2D eigenvalue weighted by atomic mass is 9.84. The third-order valence-electron chi connectivity index (χ3n) is 6.41. The highest BCUT2D eigenvalue weighted by molar-refractivity contribution is 5.79. The summed E-state index contributed by atoms with van der Waals surface area (Å²) >= 11 is 0. The summed E-state index contributed by atoms with van der Waals surface area (Å²) < 4.78 is 43.4. The minimum Gasteiger partial charge on any atom is -0.377 e. The number of carbonyl (C=O) groups excluding carboxylic acids is 1. The van der Waals surface area contributed by atoms with E-state index in [4.69, 9.17) is 4.74 Å². The standard InChI is InChI=1S/C24H28F3N3O2/c25-12-21(29-23(31)22(26)27)11-17-3-5-18(6-4-17)19-7-8-20(28-13-19)14-30-10-2-1-9-24(30)15-32-16-24/h3-8,13,21-22H,1-2,9-12,14-16H2,(H,29,31). The van der Waals surface area contributed by atoms with Crippen molar-refractivity contribution >= 4 is 5.91 Å². The average Bonchev–Trinajstić information content (AvgIpc) is 2.79. The number of hydrogen-bond donors (Lipinski definition) is 1. The quantitative estimate of drug-likeness (QED) is 0.670. The normalized spacial score (nSPS) is 19.0. The van der Waals surface area contributed by atoms with Gasteiger partial charge in [-0.1, -0.05) is 36.8 Å². The molecule has 2 aliphatic rings. The van der Waals surface area contributed by atoms with Crippen LogP contribution in [0.25, 0.3) is 11.1 Å². The van der Waals surface area contributed by atoms with Crippen LogP contribution in [0.4, 0.5) is 13.2 Å². The van der Waals surface area contributed by atoms with Crippen molar-refractivity contribution in [3.8, 4) is 11.1 Å². The van der Waals surface area contributed by atoms with Crippen LogP contribution < -0.4 is 5.32 Å². The van der Waals surface area contributed by atoms with Gasteiger partial charge in [0.15, 0.2) is 0 Å². The molecule has 2 aliphatic heterocycles. The molecule has 1 aromatic carbocycles. The molecule has 0 bridgehead atoms. The van der Waals surface area contributed by atoms with Gasteiger partial charge in [0.05, 0.1) is 30.5 Å². The summed E-state index contributed by atoms with van der Waals surface area (Å²) in [6.07, 6.45) is 2.50. The highest BCUT2D eigenvalue weighted by Gasteiger charge is 2.45. The Morgan fingerprint density at radius 2 is 1.88 bits per heavy atom. The van der Waals surface area contributed by atoms with Gasteiger partial charge in [-0.2, -0.15) is 8.78 Å². The number of carbonyl (C=O) groups is 1. The summed E-state index contributed by atoms with van der Waals surface area (Å²) in [5, 5.41) is 2.03. The van der Waals surface area contributed by atoms with E-state index in [-0.39, 0.29) is 12.0 Å². The van der Waals surface area contributed by atoms with Crippen LogP contribution in [0.3, 0.4) is 0 Å². The van der Waals surface area contributed by atoms with Crippen molar-refractivity contribution in [2.24, 2.45) is 0 Å². The first-order valence-electron chi connectivity index (χ1n) is 11.0. The molecule has 1 aromatic heterocycles. The number of halogens is 3. The number of nitrogens with zero attached hydrogens (tertiary/aromatic N) is 2. The van der Waals surface area contributed by atoms with Crippen molar-refractivity contribution in [3.05, 3.63) is 53.9 Å². The molecule has 1 atom stereocenters. The van der Waals surface area contributed by atoms with Crippen LogP contribution in [-0.4, -0.2) is 60.2 Å². The van der Waals surface area contributed by atoms with Gasteiger partial charge in [0.2, 0.25) is 0 Å². The number of ether oxygens (including phenoxy) is 1. The number of nitrogens with one attached hydrogen (secondary N) is 1. The summed E-state index contributed by atoms with van der Waals surface area (Å²) in [7, 11) is 0. The van der Waals surface area contributed by atoms with Crippen LogP contribution in [-0.2, 0) is 22.5 Å². The third-order valence-corrected chi connectivity index (χ3v) is 6.41. The largest absolute Gasteiger partial charge is 0.377 e. The van der Waals surface area contributed by atoms with Crippen molar-refractivity contribution in [2.45, 2.75) is 50.2 Å². The predicted molar refractivity (Wildman–Crippen MR) is 115 cm³/mol. The van der Waals surface area contributed by atoms with Crippen LogP contribution in [0, 0.1) is 0 Å². The highest BCUT2D eigenvalue weighted by Crippen LogP contribution is 2.35. The summed E-state index contributed by atoms with van der Waals surface area (Å²) in [6, 6.07) is 10.5. The Balaban J connectivity index is 1.36. The van der Waals surface area contributed by atoms with E-state index in [1.807, 2.05) is 47.9 Å². The number of aromatic nitrogens is 1. The van der Waals surface area contributed by atoms with E-state index in [0.717, 1.165) is 48.7 Å². The zero-order valence-corrected chi connectivity index (χ0v) is 17.9. The van der Waals surface area contributed by atoms with Gasteiger partial charge in [0.25, 0.3) is 5.91 Å². The Morgan fingerprint density at radius 1 is 1.12 bits per heavy atom. The van der Waals surface area contributed by atoms with Crippen molar-refractivity contribution in [1.29, 1.82) is 0 Å². The molecule has 1 unspecified atom stereocenters. The summed E-state index contributed by atoms with van der Waals surface area (Å²) in [4.78, 5) is 18.3. The lowest BCUT2D eigenvalue weighted by Gasteiger charge is -2.52. The predicted octanol–water partition coefficient (Wildman–Crippen LogP) is 3.77. The van der Waals surface area contributed by atoms with Crippen LogP contribution in [0.2, 0.25) is 0 Å². The van der Waals surface area contributed by atoms with Crippen LogP contribution >= 0.6 is 0 Å². The van der Waals surface area contributed by atoms with Gasteiger partial charge < -0.3 is 10.1 Å². The molecular weight excluding hydrogens is 419 g/mol. The first-order valence-corrected chi connectivity index (χ1v) is 11.0. The Hall–Kier alpha value is -2.45. The van der Waals surface area contributed by atoms with Crippen LogP contribution in [0.15, 0.2) is 42.6 Å². The molecule has 32 heavy (non-hydrogen) atoms. The fourth-order valence-corrected chi connectivity index (χ4v) is 4.47. The lowest BCUT2D eigenvalue weighted by Crippen LogP contribution is -2.63. The van der Waals surface area contributed by atoms with Crippen molar-refractivity contribution < 1.29 is 22.7 Å². The van der Waals surface area contributed by atoms with Gasteiger partial charge in [-0.3, -0.25) is 14.7 Å². The minimum atomic E-state index is -3.15. The molecular formula is C24H28F3N3O2. The molecule has 2 saturated heterocycles. The second-order valence-electron chi connectivity index (χ2n) is 8.70. The minimum absolute atomic E-state index is 0.147. The Morgan fingerprint density at radius 3 is 2.47 bits per heavy atom. The second kappa shape index (κ2) is 10.0. The number of rotatable bonds is 8. The monoisotopic (exact) mass is 447 g/mol. The maximum Gasteiger partial charge on any atom is 0.315 e. The first kappa shape index (κ1) is 22.7. The summed E-state index contributed by atoms with van der Waals surface area (Å²) in [5.74, 6) is -1.45. The highest BCUT2D eigenvalue weighted by atomic mass is 19.3. The number of alkyl halides is 3. The number of hydrogen-bond acceptors (Lipinski definition) is 4. The van der Waals surface area contributed by atoms with Gasteiger partial charge in [-0.25, -0.2) is 4.39 Å². The second-order valence-corrected chi connectivity index (χ2v) is 8.70. The Labute approximate surface area is 186 Å².